The molecule has 4 heteroatoms. The van der Waals surface area contributed by atoms with Crippen LogP contribution in [-0.4, -0.2) is 30.1 Å². The van der Waals surface area contributed by atoms with Gasteiger partial charge in [0.05, 0.1) is 6.10 Å². The van der Waals surface area contributed by atoms with Crippen LogP contribution in [0.25, 0.3) is 0 Å². The molecule has 1 amide bonds. The van der Waals surface area contributed by atoms with Crippen LogP contribution in [0, 0.1) is 0 Å². The molecule has 1 unspecified atom stereocenters. The Balaban J connectivity index is 1.57. The summed E-state index contributed by atoms with van der Waals surface area (Å²) in [6.45, 7) is 1.51. The summed E-state index contributed by atoms with van der Waals surface area (Å²) in [4.78, 5) is 15.8. The molecule has 1 atom stereocenters. The Morgan fingerprint density at radius 3 is 3.17 bits per heavy atom. The lowest BCUT2D eigenvalue weighted by atomic mass is 10.1. The molecule has 0 bridgehead atoms. The number of hydrogen-bond donors (Lipinski definition) is 1. The van der Waals surface area contributed by atoms with Crippen LogP contribution in [0.2, 0.25) is 0 Å². The third-order valence-corrected chi connectivity index (χ3v) is 3.15. The molecule has 1 saturated heterocycles. The van der Waals surface area contributed by atoms with Crippen LogP contribution in [0.5, 0.6) is 0 Å². The molecule has 0 saturated carbocycles. The average molecular weight is 248 g/mol. The van der Waals surface area contributed by atoms with Crippen molar-refractivity contribution in [1.82, 2.24) is 10.3 Å². The Labute approximate surface area is 108 Å². The van der Waals surface area contributed by atoms with Crippen molar-refractivity contribution in [3.05, 3.63) is 30.1 Å². The Morgan fingerprint density at radius 2 is 2.44 bits per heavy atom. The molecule has 0 radical (unpaired) electrons. The normalized spacial score (nSPS) is 18.8. The van der Waals surface area contributed by atoms with Crippen molar-refractivity contribution in [2.75, 3.05) is 13.2 Å². The highest BCUT2D eigenvalue weighted by atomic mass is 16.5. The highest BCUT2D eigenvalue weighted by molar-refractivity contribution is 5.75. The van der Waals surface area contributed by atoms with E-state index in [1.54, 1.807) is 6.20 Å². The van der Waals surface area contributed by atoms with Crippen LogP contribution in [0.15, 0.2) is 24.4 Å². The Kier molecular flexibility index (Phi) is 5.15. The summed E-state index contributed by atoms with van der Waals surface area (Å²) in [5.74, 6) is 0.112. The molecule has 1 N–H and O–H groups in total. The maximum absolute atomic E-state index is 11.6. The van der Waals surface area contributed by atoms with E-state index < -0.39 is 0 Å². The standard InChI is InChI=1S/C14H20N2O2/c17-14(7-6-13-5-3-11-18-13)16-10-8-12-4-1-2-9-15-12/h1-2,4,9,13H,3,5-8,10-11H2,(H,16,17). The quantitative estimate of drug-likeness (QED) is 0.833. The molecule has 18 heavy (non-hydrogen) atoms. The number of aromatic nitrogens is 1. The SMILES string of the molecule is O=C(CCC1CCCO1)NCCc1ccccn1. The Bertz CT molecular complexity index is 361. The molecule has 0 aromatic carbocycles. The monoisotopic (exact) mass is 248 g/mol. The number of carbonyl (C=O) groups is 1. The smallest absolute Gasteiger partial charge is 0.220 e. The number of pyridine rings is 1. The van der Waals surface area contributed by atoms with Gasteiger partial charge in [0.25, 0.3) is 0 Å². The van der Waals surface area contributed by atoms with Gasteiger partial charge < -0.3 is 10.1 Å². The summed E-state index contributed by atoms with van der Waals surface area (Å²) >= 11 is 0. The number of amides is 1. The maximum Gasteiger partial charge on any atom is 0.220 e. The third-order valence-electron chi connectivity index (χ3n) is 3.15. The minimum atomic E-state index is 0.112. The zero-order valence-electron chi connectivity index (χ0n) is 10.6. The van der Waals surface area contributed by atoms with Crippen LogP contribution in [0.4, 0.5) is 0 Å². The summed E-state index contributed by atoms with van der Waals surface area (Å²) in [6, 6.07) is 5.82. The first-order chi connectivity index (χ1) is 8.84. The van der Waals surface area contributed by atoms with Gasteiger partial charge in [-0.1, -0.05) is 6.07 Å². The van der Waals surface area contributed by atoms with Crippen molar-refractivity contribution in [3.63, 3.8) is 0 Å². The van der Waals surface area contributed by atoms with Crippen LogP contribution in [0.1, 0.15) is 31.4 Å². The second-order valence-corrected chi connectivity index (χ2v) is 4.59. The Morgan fingerprint density at radius 1 is 1.50 bits per heavy atom. The highest BCUT2D eigenvalue weighted by Gasteiger charge is 2.16. The van der Waals surface area contributed by atoms with Gasteiger partial charge in [0.1, 0.15) is 0 Å². The van der Waals surface area contributed by atoms with E-state index in [9.17, 15) is 4.79 Å². The molecule has 1 aliphatic heterocycles. The van der Waals surface area contributed by atoms with E-state index >= 15 is 0 Å². The van der Waals surface area contributed by atoms with Gasteiger partial charge in [-0.3, -0.25) is 9.78 Å². The van der Waals surface area contributed by atoms with E-state index in [0.29, 0.717) is 19.1 Å². The molecule has 1 aromatic heterocycles. The van der Waals surface area contributed by atoms with Crippen molar-refractivity contribution in [1.29, 1.82) is 0 Å². The second-order valence-electron chi connectivity index (χ2n) is 4.59. The number of rotatable bonds is 6. The van der Waals surface area contributed by atoms with E-state index in [4.69, 9.17) is 4.74 Å². The van der Waals surface area contributed by atoms with E-state index in [2.05, 4.69) is 10.3 Å². The molecule has 1 aliphatic rings. The van der Waals surface area contributed by atoms with Gasteiger partial charge in [0, 0.05) is 37.9 Å². The molecule has 1 fully saturated rings. The maximum atomic E-state index is 11.6. The lowest BCUT2D eigenvalue weighted by molar-refractivity contribution is -0.121. The molecular formula is C14H20N2O2. The third kappa shape index (κ3) is 4.45. The minimum absolute atomic E-state index is 0.112. The first-order valence-electron chi connectivity index (χ1n) is 6.63. The molecule has 0 spiro atoms. The van der Waals surface area contributed by atoms with Gasteiger partial charge in [0.15, 0.2) is 0 Å². The van der Waals surface area contributed by atoms with E-state index in [-0.39, 0.29) is 5.91 Å². The fraction of sp³-hybridized carbons (Fsp3) is 0.571. The fourth-order valence-corrected chi connectivity index (χ4v) is 2.13. The molecule has 0 aliphatic carbocycles. The van der Waals surface area contributed by atoms with Gasteiger partial charge in [0.2, 0.25) is 5.91 Å². The average Bonchev–Trinajstić information content (AvgIpc) is 2.91. The predicted octanol–water partition coefficient (Wildman–Crippen LogP) is 1.70. The second kappa shape index (κ2) is 7.11. The molecule has 4 nitrogen and oxygen atoms in total. The molecule has 98 valence electrons. The molecule has 2 rings (SSSR count). The molecule has 2 heterocycles. The lowest BCUT2D eigenvalue weighted by Crippen LogP contribution is -2.26. The summed E-state index contributed by atoms with van der Waals surface area (Å²) < 4.78 is 5.49. The van der Waals surface area contributed by atoms with Gasteiger partial charge in [-0.25, -0.2) is 0 Å². The van der Waals surface area contributed by atoms with Gasteiger partial charge in [-0.05, 0) is 31.4 Å². The molecular weight excluding hydrogens is 228 g/mol. The van der Waals surface area contributed by atoms with Crippen molar-refractivity contribution in [3.8, 4) is 0 Å². The van der Waals surface area contributed by atoms with Crippen molar-refractivity contribution < 1.29 is 9.53 Å². The largest absolute Gasteiger partial charge is 0.378 e. The first kappa shape index (κ1) is 13.0. The van der Waals surface area contributed by atoms with Crippen LogP contribution in [0.3, 0.4) is 0 Å². The number of nitrogens with zero attached hydrogens (tertiary/aromatic N) is 1. The van der Waals surface area contributed by atoms with Gasteiger partial charge in [-0.2, -0.15) is 0 Å². The van der Waals surface area contributed by atoms with Crippen molar-refractivity contribution in [2.45, 2.75) is 38.2 Å². The first-order valence-corrected chi connectivity index (χ1v) is 6.63. The summed E-state index contributed by atoms with van der Waals surface area (Å²) in [5.41, 5.74) is 1.01. The summed E-state index contributed by atoms with van der Waals surface area (Å²) in [5, 5.41) is 2.92. The van der Waals surface area contributed by atoms with Crippen LogP contribution < -0.4 is 5.32 Å². The number of carbonyl (C=O) groups excluding carboxylic acids is 1. The zero-order chi connectivity index (χ0) is 12.6. The van der Waals surface area contributed by atoms with Crippen molar-refractivity contribution in [2.24, 2.45) is 0 Å². The topological polar surface area (TPSA) is 51.2 Å². The number of hydrogen-bond acceptors (Lipinski definition) is 3. The van der Waals surface area contributed by atoms with Crippen molar-refractivity contribution >= 4 is 5.91 Å². The van der Waals surface area contributed by atoms with E-state index in [0.717, 1.165) is 38.0 Å². The predicted molar refractivity (Wildman–Crippen MR) is 69.2 cm³/mol. The van der Waals surface area contributed by atoms with Crippen LogP contribution >= 0.6 is 0 Å². The van der Waals surface area contributed by atoms with E-state index in [1.807, 2.05) is 18.2 Å². The fourth-order valence-electron chi connectivity index (χ4n) is 2.13. The summed E-state index contributed by atoms with van der Waals surface area (Å²) in [6.07, 6.45) is 6.49. The Hall–Kier alpha value is -1.42. The zero-order valence-corrected chi connectivity index (χ0v) is 10.6. The van der Waals surface area contributed by atoms with Crippen LogP contribution in [-0.2, 0) is 16.0 Å². The molecule has 1 aromatic rings. The lowest BCUT2D eigenvalue weighted by Gasteiger charge is -2.09. The van der Waals surface area contributed by atoms with Gasteiger partial charge in [-0.15, -0.1) is 0 Å². The number of nitrogens with one attached hydrogen (secondary N) is 1. The van der Waals surface area contributed by atoms with Gasteiger partial charge >= 0.3 is 0 Å². The highest BCUT2D eigenvalue weighted by Crippen LogP contribution is 2.16. The number of ether oxygens (including phenoxy) is 1. The van der Waals surface area contributed by atoms with E-state index in [1.165, 1.54) is 0 Å². The summed E-state index contributed by atoms with van der Waals surface area (Å²) in [7, 11) is 0. The minimum Gasteiger partial charge on any atom is -0.378 e.